The van der Waals surface area contributed by atoms with Crippen LogP contribution in [0.4, 0.5) is 0 Å². The largest absolute Gasteiger partial charge is 0.341 e. The maximum absolute atomic E-state index is 12.9. The van der Waals surface area contributed by atoms with Gasteiger partial charge in [0, 0.05) is 51.1 Å². The number of carbonyl (C=O) groups excluding carboxylic acids is 2. The predicted octanol–water partition coefficient (Wildman–Crippen LogP) is 3.05. The molecule has 0 spiro atoms. The topological polar surface area (TPSA) is 43.9 Å². The quantitative estimate of drug-likeness (QED) is 0.768. The lowest BCUT2D eigenvalue weighted by Crippen LogP contribution is -2.50. The van der Waals surface area contributed by atoms with E-state index in [0.717, 1.165) is 45.4 Å². The second-order valence-corrected chi connectivity index (χ2v) is 9.19. The van der Waals surface area contributed by atoms with Gasteiger partial charge in [0.25, 0.3) is 0 Å². The van der Waals surface area contributed by atoms with Crippen molar-refractivity contribution in [3.8, 4) is 0 Å². The molecular formula is C26H31N3O2. The normalized spacial score (nSPS) is 22.6. The Kier molecular flexibility index (Phi) is 5.77. The third kappa shape index (κ3) is 4.38. The van der Waals surface area contributed by atoms with E-state index in [2.05, 4.69) is 41.3 Å². The van der Waals surface area contributed by atoms with Crippen molar-refractivity contribution in [1.29, 1.82) is 0 Å². The van der Waals surface area contributed by atoms with Gasteiger partial charge in [-0.2, -0.15) is 0 Å². The van der Waals surface area contributed by atoms with E-state index >= 15 is 0 Å². The minimum absolute atomic E-state index is 0.101. The number of benzene rings is 2. The molecule has 2 aromatic rings. The average molecular weight is 418 g/mol. The number of likely N-dealkylation sites (tertiary alicyclic amines) is 2. The Hall–Kier alpha value is -2.66. The van der Waals surface area contributed by atoms with Gasteiger partial charge >= 0.3 is 0 Å². The number of piperidine rings is 1. The van der Waals surface area contributed by atoms with Crippen LogP contribution in [0.3, 0.4) is 0 Å². The number of fused-ring (bicyclic) bond motifs is 1. The summed E-state index contributed by atoms with van der Waals surface area (Å²) >= 11 is 0. The van der Waals surface area contributed by atoms with Crippen molar-refractivity contribution >= 4 is 11.8 Å². The van der Waals surface area contributed by atoms with E-state index in [1.54, 1.807) is 4.90 Å². The van der Waals surface area contributed by atoms with Gasteiger partial charge in [0.05, 0.1) is 6.54 Å². The molecule has 0 radical (unpaired) electrons. The third-order valence-electron chi connectivity index (χ3n) is 7.31. The summed E-state index contributed by atoms with van der Waals surface area (Å²) in [6.45, 7) is 4.61. The Morgan fingerprint density at radius 1 is 0.903 bits per heavy atom. The summed E-state index contributed by atoms with van der Waals surface area (Å²) in [6, 6.07) is 19.5. The highest BCUT2D eigenvalue weighted by molar-refractivity contribution is 5.86. The lowest BCUT2D eigenvalue weighted by Gasteiger charge is -2.41. The standard InChI is InChI=1S/C26H31N3O2/c30-25-16-23(20-6-2-1-3-7-20)18-29(25)19-26(31)27-14-11-24(12-15-27)28-13-10-21-8-4-5-9-22(21)17-28/h1-9,23-24H,10-19H2. The summed E-state index contributed by atoms with van der Waals surface area (Å²) in [5.41, 5.74) is 4.12. The molecule has 5 rings (SSSR count). The minimum Gasteiger partial charge on any atom is -0.341 e. The predicted molar refractivity (Wildman–Crippen MR) is 121 cm³/mol. The van der Waals surface area contributed by atoms with Crippen LogP contribution in [0.1, 0.15) is 41.9 Å². The minimum atomic E-state index is 0.101. The Balaban J connectivity index is 1.12. The van der Waals surface area contributed by atoms with Crippen molar-refractivity contribution in [1.82, 2.24) is 14.7 Å². The van der Waals surface area contributed by atoms with Gasteiger partial charge in [0.15, 0.2) is 0 Å². The highest BCUT2D eigenvalue weighted by Gasteiger charge is 2.34. The first-order chi connectivity index (χ1) is 15.2. The number of hydrogen-bond donors (Lipinski definition) is 0. The molecule has 2 saturated heterocycles. The van der Waals surface area contributed by atoms with Gasteiger partial charge < -0.3 is 9.80 Å². The molecule has 3 heterocycles. The van der Waals surface area contributed by atoms with Gasteiger partial charge in [-0.1, -0.05) is 54.6 Å². The summed E-state index contributed by atoms with van der Waals surface area (Å²) in [5, 5.41) is 0. The van der Waals surface area contributed by atoms with E-state index in [0.29, 0.717) is 19.0 Å². The molecule has 2 amide bonds. The van der Waals surface area contributed by atoms with Crippen molar-refractivity contribution in [3.63, 3.8) is 0 Å². The third-order valence-corrected chi connectivity index (χ3v) is 7.31. The Morgan fingerprint density at radius 3 is 2.39 bits per heavy atom. The molecule has 2 aromatic carbocycles. The molecule has 0 bridgehead atoms. The van der Waals surface area contributed by atoms with Gasteiger partial charge in [-0.05, 0) is 36.0 Å². The van der Waals surface area contributed by atoms with Crippen LogP contribution in [0.15, 0.2) is 54.6 Å². The summed E-state index contributed by atoms with van der Waals surface area (Å²) in [7, 11) is 0. The molecule has 3 aliphatic rings. The molecule has 0 aliphatic carbocycles. The van der Waals surface area contributed by atoms with Crippen LogP contribution in [0.5, 0.6) is 0 Å². The Labute approximate surface area is 184 Å². The maximum atomic E-state index is 12.9. The van der Waals surface area contributed by atoms with E-state index in [1.165, 1.54) is 16.7 Å². The number of carbonyl (C=O) groups is 2. The zero-order chi connectivity index (χ0) is 21.2. The lowest BCUT2D eigenvalue weighted by atomic mass is 9.95. The van der Waals surface area contributed by atoms with E-state index in [-0.39, 0.29) is 24.3 Å². The van der Waals surface area contributed by atoms with E-state index < -0.39 is 0 Å². The molecule has 5 nitrogen and oxygen atoms in total. The zero-order valence-corrected chi connectivity index (χ0v) is 18.1. The molecular weight excluding hydrogens is 386 g/mol. The van der Waals surface area contributed by atoms with Gasteiger partial charge in [0.2, 0.25) is 11.8 Å². The SMILES string of the molecule is O=C(CN1CC(c2ccccc2)CC1=O)N1CCC(N2CCc3ccccc3C2)CC1. The fraction of sp³-hybridized carbons (Fsp3) is 0.462. The van der Waals surface area contributed by atoms with E-state index in [9.17, 15) is 9.59 Å². The zero-order valence-electron chi connectivity index (χ0n) is 18.1. The second-order valence-electron chi connectivity index (χ2n) is 9.19. The molecule has 2 fully saturated rings. The summed E-state index contributed by atoms with van der Waals surface area (Å²) in [5.74, 6) is 0.405. The maximum Gasteiger partial charge on any atom is 0.242 e. The van der Waals surface area contributed by atoms with Crippen molar-refractivity contribution in [3.05, 3.63) is 71.3 Å². The number of nitrogens with zero attached hydrogens (tertiary/aromatic N) is 3. The molecule has 1 unspecified atom stereocenters. The van der Waals surface area contributed by atoms with Gasteiger partial charge in [-0.3, -0.25) is 14.5 Å². The summed E-state index contributed by atoms with van der Waals surface area (Å²) in [6.07, 6.45) is 3.67. The molecule has 0 N–H and O–H groups in total. The van der Waals surface area contributed by atoms with Crippen LogP contribution in [0.2, 0.25) is 0 Å². The average Bonchev–Trinajstić information content (AvgIpc) is 3.19. The molecule has 5 heteroatoms. The van der Waals surface area contributed by atoms with Crippen LogP contribution in [0.25, 0.3) is 0 Å². The van der Waals surface area contributed by atoms with Crippen molar-refractivity contribution in [2.24, 2.45) is 0 Å². The van der Waals surface area contributed by atoms with Gasteiger partial charge in [-0.15, -0.1) is 0 Å². The lowest BCUT2D eigenvalue weighted by molar-refractivity contribution is -0.139. The fourth-order valence-corrected chi connectivity index (χ4v) is 5.45. The number of hydrogen-bond acceptors (Lipinski definition) is 3. The fourth-order valence-electron chi connectivity index (χ4n) is 5.45. The first-order valence-corrected chi connectivity index (χ1v) is 11.6. The highest BCUT2D eigenvalue weighted by atomic mass is 16.2. The highest BCUT2D eigenvalue weighted by Crippen LogP contribution is 2.28. The number of amides is 2. The van der Waals surface area contributed by atoms with Crippen molar-refractivity contribution in [2.75, 3.05) is 32.7 Å². The first kappa shape index (κ1) is 20.3. The van der Waals surface area contributed by atoms with Crippen molar-refractivity contribution in [2.45, 2.75) is 44.2 Å². The van der Waals surface area contributed by atoms with Crippen LogP contribution < -0.4 is 0 Å². The number of rotatable bonds is 4. The molecule has 1 atom stereocenters. The molecule has 3 aliphatic heterocycles. The van der Waals surface area contributed by atoms with E-state index in [1.807, 2.05) is 23.1 Å². The van der Waals surface area contributed by atoms with Gasteiger partial charge in [-0.25, -0.2) is 0 Å². The summed E-state index contributed by atoms with van der Waals surface area (Å²) in [4.78, 5) is 31.7. The first-order valence-electron chi connectivity index (χ1n) is 11.6. The molecule has 31 heavy (non-hydrogen) atoms. The van der Waals surface area contributed by atoms with Crippen LogP contribution >= 0.6 is 0 Å². The summed E-state index contributed by atoms with van der Waals surface area (Å²) < 4.78 is 0. The monoisotopic (exact) mass is 417 g/mol. The molecule has 0 saturated carbocycles. The van der Waals surface area contributed by atoms with Crippen LogP contribution in [-0.2, 0) is 22.6 Å². The smallest absolute Gasteiger partial charge is 0.242 e. The molecule has 162 valence electrons. The van der Waals surface area contributed by atoms with Gasteiger partial charge in [0.1, 0.15) is 0 Å². The van der Waals surface area contributed by atoms with Crippen LogP contribution in [0, 0.1) is 0 Å². The van der Waals surface area contributed by atoms with Crippen LogP contribution in [-0.4, -0.2) is 65.3 Å². The Morgan fingerprint density at radius 2 is 1.61 bits per heavy atom. The van der Waals surface area contributed by atoms with Crippen molar-refractivity contribution < 1.29 is 9.59 Å². The molecule has 0 aromatic heterocycles. The second kappa shape index (κ2) is 8.83. The Bertz CT molecular complexity index is 937. The van der Waals surface area contributed by atoms with E-state index in [4.69, 9.17) is 0 Å².